The largest absolute Gasteiger partial charge is 0.497 e. The van der Waals surface area contributed by atoms with E-state index in [2.05, 4.69) is 45.4 Å². The number of hydrogen-bond donors (Lipinski definition) is 1. The maximum absolute atomic E-state index is 5.42. The fourth-order valence-electron chi connectivity index (χ4n) is 2.22. The monoisotopic (exact) mass is 491 g/mol. The molecule has 0 aromatic heterocycles. The minimum atomic E-state index is 0.786. The van der Waals surface area contributed by atoms with Gasteiger partial charge in [0.05, 0.1) is 19.1 Å². The van der Waals surface area contributed by atoms with E-state index in [-0.39, 0.29) is 0 Å². The molecular formula is C25H34BrNO2S. The van der Waals surface area contributed by atoms with Gasteiger partial charge in [-0.2, -0.15) is 0 Å². The minimum Gasteiger partial charge on any atom is -0.497 e. The molecule has 0 unspecified atom stereocenters. The summed E-state index contributed by atoms with van der Waals surface area (Å²) in [5, 5.41) is 0. The summed E-state index contributed by atoms with van der Waals surface area (Å²) in [6.07, 6.45) is 5.93. The summed E-state index contributed by atoms with van der Waals surface area (Å²) < 4.78 is 15.1. The molecule has 0 saturated carbocycles. The quantitative estimate of drug-likeness (QED) is 0.297. The lowest BCUT2D eigenvalue weighted by molar-refractivity contribution is 0.394. The van der Waals surface area contributed by atoms with Crippen molar-refractivity contribution in [1.82, 2.24) is 4.72 Å². The van der Waals surface area contributed by atoms with Crippen LogP contribution in [0.1, 0.15) is 40.2 Å². The number of benzene rings is 2. The summed E-state index contributed by atoms with van der Waals surface area (Å²) in [7, 11) is 3.31. The van der Waals surface area contributed by atoms with Crippen LogP contribution in [0.25, 0.3) is 5.57 Å². The highest BCUT2D eigenvalue weighted by Crippen LogP contribution is 2.32. The van der Waals surface area contributed by atoms with Gasteiger partial charge < -0.3 is 14.2 Å². The lowest BCUT2D eigenvalue weighted by Crippen LogP contribution is -2.02. The van der Waals surface area contributed by atoms with Gasteiger partial charge in [0.15, 0.2) is 0 Å². The second kappa shape index (κ2) is 16.7. The van der Waals surface area contributed by atoms with Gasteiger partial charge in [-0.15, -0.1) is 0 Å². The smallest absolute Gasteiger partial charge is 0.134 e. The molecule has 164 valence electrons. The van der Waals surface area contributed by atoms with Gasteiger partial charge in [-0.1, -0.05) is 74.5 Å². The Labute approximate surface area is 195 Å². The van der Waals surface area contributed by atoms with Gasteiger partial charge in [-0.25, -0.2) is 0 Å². The van der Waals surface area contributed by atoms with Crippen molar-refractivity contribution in [2.45, 2.75) is 39.5 Å². The van der Waals surface area contributed by atoms with Crippen molar-refractivity contribution < 1.29 is 9.47 Å². The molecule has 1 N–H and O–H groups in total. The summed E-state index contributed by atoms with van der Waals surface area (Å²) in [6, 6.07) is 13.9. The molecule has 2 aromatic rings. The maximum Gasteiger partial charge on any atom is 0.134 e. The van der Waals surface area contributed by atoms with E-state index in [1.807, 2.05) is 77.1 Å². The van der Waals surface area contributed by atoms with Gasteiger partial charge in [-0.05, 0) is 66.4 Å². The van der Waals surface area contributed by atoms with Crippen molar-refractivity contribution in [3.63, 3.8) is 0 Å². The molecule has 0 heterocycles. The van der Waals surface area contributed by atoms with Crippen LogP contribution in [0.15, 0.2) is 82.3 Å². The van der Waals surface area contributed by atoms with Gasteiger partial charge in [0, 0.05) is 10.2 Å². The molecule has 0 atom stereocenters. The molecule has 30 heavy (non-hydrogen) atoms. The zero-order valence-corrected chi connectivity index (χ0v) is 21.5. The van der Waals surface area contributed by atoms with E-state index in [4.69, 9.17) is 9.47 Å². The second-order valence-corrected chi connectivity index (χ2v) is 7.04. The van der Waals surface area contributed by atoms with E-state index in [9.17, 15) is 0 Å². The zero-order chi connectivity index (χ0) is 22.9. The number of rotatable bonds is 8. The first-order valence-corrected chi connectivity index (χ1v) is 11.6. The number of halogens is 1. The Hall–Kier alpha value is -2.11. The summed E-state index contributed by atoms with van der Waals surface area (Å²) >= 11 is 4.94. The van der Waals surface area contributed by atoms with E-state index in [1.54, 1.807) is 14.2 Å². The standard InChI is InChI=1S/C21H22BrNO2S.2C2H6/c1-5-15(16-7-9-17(22)10-8-16)13-18(6-2)23-26-21-14-19(24-3)11-12-20(21)25-4;2*1-2/h5-14,23H,1H2,2-4H3;2*1-2H3/b15-13+,18-6+;;. The Balaban J connectivity index is 0.00000198. The Morgan fingerprint density at radius 1 is 1.00 bits per heavy atom. The van der Waals surface area contributed by atoms with Crippen LogP contribution in [0, 0.1) is 0 Å². The van der Waals surface area contributed by atoms with Crippen LogP contribution in [0.4, 0.5) is 0 Å². The fourth-order valence-corrected chi connectivity index (χ4v) is 3.32. The third-order valence-electron chi connectivity index (χ3n) is 3.67. The van der Waals surface area contributed by atoms with E-state index in [0.717, 1.165) is 37.7 Å². The average molecular weight is 493 g/mol. The molecule has 0 radical (unpaired) electrons. The predicted octanol–water partition coefficient (Wildman–Crippen LogP) is 8.29. The molecule has 0 saturated heterocycles. The molecule has 0 bridgehead atoms. The van der Waals surface area contributed by atoms with Crippen LogP contribution in [0.3, 0.4) is 0 Å². The minimum absolute atomic E-state index is 0.786. The SMILES string of the molecule is C=C/C(=C\C(=C/C)NSc1cc(OC)ccc1OC)c1ccc(Br)cc1.CC.CC. The molecule has 3 nitrogen and oxygen atoms in total. The van der Waals surface area contributed by atoms with Crippen molar-refractivity contribution in [2.75, 3.05) is 14.2 Å². The number of allylic oxidation sites excluding steroid dienone is 4. The topological polar surface area (TPSA) is 30.5 Å². The van der Waals surface area contributed by atoms with Crippen molar-refractivity contribution in [3.05, 3.63) is 83.0 Å². The highest BCUT2D eigenvalue weighted by Gasteiger charge is 2.07. The lowest BCUT2D eigenvalue weighted by Gasteiger charge is -2.12. The molecule has 5 heteroatoms. The van der Waals surface area contributed by atoms with Crippen molar-refractivity contribution in [2.24, 2.45) is 0 Å². The second-order valence-electron chi connectivity index (χ2n) is 5.28. The van der Waals surface area contributed by atoms with Gasteiger partial charge in [0.1, 0.15) is 11.5 Å². The number of methoxy groups -OCH3 is 2. The number of nitrogens with one attached hydrogen (secondary N) is 1. The number of ether oxygens (including phenoxy) is 2. The first kappa shape index (κ1) is 27.9. The first-order chi connectivity index (χ1) is 14.6. The van der Waals surface area contributed by atoms with Gasteiger partial charge in [-0.3, -0.25) is 0 Å². The normalized spacial score (nSPS) is 10.7. The van der Waals surface area contributed by atoms with Crippen molar-refractivity contribution in [1.29, 1.82) is 0 Å². The fraction of sp³-hybridized carbons (Fsp3) is 0.280. The van der Waals surface area contributed by atoms with Crippen molar-refractivity contribution in [3.8, 4) is 11.5 Å². The molecule has 0 aliphatic carbocycles. The number of hydrogen-bond acceptors (Lipinski definition) is 4. The molecule has 0 aliphatic rings. The van der Waals surface area contributed by atoms with Crippen LogP contribution < -0.4 is 14.2 Å². The van der Waals surface area contributed by atoms with Crippen LogP contribution in [-0.2, 0) is 0 Å². The molecule has 0 amide bonds. The molecule has 0 fully saturated rings. The van der Waals surface area contributed by atoms with E-state index >= 15 is 0 Å². The third kappa shape index (κ3) is 9.14. The summed E-state index contributed by atoms with van der Waals surface area (Å²) in [4.78, 5) is 0.948. The third-order valence-corrected chi connectivity index (χ3v) is 5.07. The first-order valence-electron chi connectivity index (χ1n) is 10.0. The molecule has 0 spiro atoms. The highest BCUT2D eigenvalue weighted by molar-refractivity contribution is 9.10. The Morgan fingerprint density at radius 3 is 2.13 bits per heavy atom. The van der Waals surface area contributed by atoms with E-state index in [1.165, 1.54) is 11.9 Å². The Bertz CT molecular complexity index is 814. The Morgan fingerprint density at radius 2 is 1.63 bits per heavy atom. The molecular weight excluding hydrogens is 458 g/mol. The molecule has 2 aromatic carbocycles. The molecule has 0 aliphatic heterocycles. The zero-order valence-electron chi connectivity index (χ0n) is 19.1. The van der Waals surface area contributed by atoms with Crippen LogP contribution >= 0.6 is 27.9 Å². The van der Waals surface area contributed by atoms with Crippen LogP contribution in [-0.4, -0.2) is 14.2 Å². The highest BCUT2D eigenvalue weighted by atomic mass is 79.9. The van der Waals surface area contributed by atoms with Gasteiger partial charge in [0.2, 0.25) is 0 Å². The van der Waals surface area contributed by atoms with Crippen molar-refractivity contribution >= 4 is 33.5 Å². The van der Waals surface area contributed by atoms with Gasteiger partial charge >= 0.3 is 0 Å². The summed E-state index contributed by atoms with van der Waals surface area (Å²) in [6.45, 7) is 13.9. The molecule has 2 rings (SSSR count). The van der Waals surface area contributed by atoms with Gasteiger partial charge in [0.25, 0.3) is 0 Å². The van der Waals surface area contributed by atoms with E-state index in [0.29, 0.717) is 0 Å². The average Bonchev–Trinajstić information content (AvgIpc) is 2.82. The Kier molecular flexibility index (Phi) is 15.5. The lowest BCUT2D eigenvalue weighted by atomic mass is 10.1. The maximum atomic E-state index is 5.42. The van der Waals surface area contributed by atoms with E-state index < -0.39 is 0 Å². The van der Waals surface area contributed by atoms with Crippen LogP contribution in [0.5, 0.6) is 11.5 Å². The summed E-state index contributed by atoms with van der Waals surface area (Å²) in [5.41, 5.74) is 3.11. The predicted molar refractivity (Wildman–Crippen MR) is 137 cm³/mol. The summed E-state index contributed by atoms with van der Waals surface area (Å²) in [5.74, 6) is 1.58. The van der Waals surface area contributed by atoms with Crippen LogP contribution in [0.2, 0.25) is 0 Å².